The van der Waals surface area contributed by atoms with Crippen molar-refractivity contribution in [2.45, 2.75) is 39.0 Å². The maximum Gasteiger partial charge on any atom is 0.220 e. The highest BCUT2D eigenvalue weighted by Crippen LogP contribution is 2.36. The quantitative estimate of drug-likeness (QED) is 0.592. The average Bonchev–Trinajstić information content (AvgIpc) is 3.16. The number of hydrogen-bond donors (Lipinski definition) is 2. The molecule has 3 saturated heterocycles. The molecular formula is C18H33N5O. The van der Waals surface area contributed by atoms with Crippen molar-refractivity contribution in [3.63, 3.8) is 0 Å². The van der Waals surface area contributed by atoms with E-state index < -0.39 is 0 Å². The number of likely N-dealkylation sites (tertiary alicyclic amines) is 2. The maximum atomic E-state index is 11.7. The summed E-state index contributed by atoms with van der Waals surface area (Å²) in [7, 11) is 1.87. The first kappa shape index (κ1) is 17.5. The lowest BCUT2D eigenvalue weighted by atomic mass is 9.79. The predicted octanol–water partition coefficient (Wildman–Crippen LogP) is 0.896. The van der Waals surface area contributed by atoms with Crippen LogP contribution in [-0.4, -0.2) is 74.5 Å². The third-order valence-electron chi connectivity index (χ3n) is 5.83. The minimum absolute atomic E-state index is 0.123. The Labute approximate surface area is 146 Å². The van der Waals surface area contributed by atoms with Gasteiger partial charge in [0.05, 0.1) is 0 Å². The molecule has 6 heteroatoms. The van der Waals surface area contributed by atoms with Gasteiger partial charge in [-0.1, -0.05) is 6.92 Å². The Hall–Kier alpha value is -1.30. The van der Waals surface area contributed by atoms with Crippen LogP contribution in [0.15, 0.2) is 4.99 Å². The van der Waals surface area contributed by atoms with Crippen LogP contribution in [0.1, 0.15) is 39.0 Å². The fourth-order valence-corrected chi connectivity index (χ4v) is 4.60. The fourth-order valence-electron chi connectivity index (χ4n) is 4.60. The highest BCUT2D eigenvalue weighted by molar-refractivity contribution is 5.81. The zero-order valence-electron chi connectivity index (χ0n) is 15.3. The van der Waals surface area contributed by atoms with Crippen LogP contribution in [0.25, 0.3) is 0 Å². The molecule has 3 aliphatic rings. The van der Waals surface area contributed by atoms with Crippen LogP contribution >= 0.6 is 0 Å². The molecule has 136 valence electrons. The van der Waals surface area contributed by atoms with Crippen molar-refractivity contribution in [1.82, 2.24) is 20.4 Å². The number of carbonyl (C=O) groups is 1. The molecule has 3 fully saturated rings. The molecule has 0 saturated carbocycles. The van der Waals surface area contributed by atoms with Crippen LogP contribution in [0, 0.1) is 11.3 Å². The monoisotopic (exact) mass is 335 g/mol. The van der Waals surface area contributed by atoms with Crippen LogP contribution in [0.5, 0.6) is 0 Å². The van der Waals surface area contributed by atoms with Gasteiger partial charge in [-0.05, 0) is 44.7 Å². The minimum atomic E-state index is 0.123. The summed E-state index contributed by atoms with van der Waals surface area (Å²) in [5.41, 5.74) is 0.123. The lowest BCUT2D eigenvalue weighted by molar-refractivity contribution is -0.119. The number of piperidine rings is 1. The second-order valence-corrected chi connectivity index (χ2v) is 7.86. The summed E-state index contributed by atoms with van der Waals surface area (Å²) in [5, 5.41) is 6.62. The van der Waals surface area contributed by atoms with Gasteiger partial charge < -0.3 is 20.4 Å². The van der Waals surface area contributed by atoms with Crippen molar-refractivity contribution >= 4 is 11.9 Å². The van der Waals surface area contributed by atoms with E-state index in [-0.39, 0.29) is 11.3 Å². The molecule has 2 atom stereocenters. The van der Waals surface area contributed by atoms with Gasteiger partial charge in [0.1, 0.15) is 0 Å². The molecule has 1 spiro atoms. The lowest BCUT2D eigenvalue weighted by Gasteiger charge is -2.41. The SMILES string of the molecule is CCCN1CCC(CNC(=NC)N2CCCC3(CNC(=O)C3)C2)C1. The second kappa shape index (κ2) is 7.72. The van der Waals surface area contributed by atoms with Crippen molar-refractivity contribution < 1.29 is 4.79 Å². The number of hydrogen-bond acceptors (Lipinski definition) is 3. The van der Waals surface area contributed by atoms with Gasteiger partial charge in [-0.25, -0.2) is 0 Å². The number of nitrogens with zero attached hydrogens (tertiary/aromatic N) is 3. The summed E-state index contributed by atoms with van der Waals surface area (Å²) in [6.07, 6.45) is 5.49. The van der Waals surface area contributed by atoms with E-state index in [2.05, 4.69) is 32.3 Å². The van der Waals surface area contributed by atoms with Crippen molar-refractivity contribution in [2.75, 3.05) is 52.9 Å². The zero-order valence-corrected chi connectivity index (χ0v) is 15.3. The standard InChI is InChI=1S/C18H33N5O/c1-3-7-22-9-5-15(12-22)11-20-17(19-2)23-8-4-6-18(14-23)10-16(24)21-13-18/h15H,3-14H2,1-2H3,(H,19,20)(H,21,24). The number of nitrogens with one attached hydrogen (secondary N) is 2. The van der Waals surface area contributed by atoms with Gasteiger partial charge in [-0.3, -0.25) is 9.79 Å². The Bertz CT molecular complexity index is 480. The largest absolute Gasteiger partial charge is 0.356 e. The highest BCUT2D eigenvalue weighted by atomic mass is 16.1. The van der Waals surface area contributed by atoms with Crippen molar-refractivity contribution in [2.24, 2.45) is 16.3 Å². The summed E-state index contributed by atoms with van der Waals surface area (Å²) in [6, 6.07) is 0. The number of guanidine groups is 1. The Morgan fingerprint density at radius 1 is 1.46 bits per heavy atom. The van der Waals surface area contributed by atoms with E-state index in [4.69, 9.17) is 0 Å². The van der Waals surface area contributed by atoms with Gasteiger partial charge in [-0.2, -0.15) is 0 Å². The van der Waals surface area contributed by atoms with Crippen LogP contribution in [0.4, 0.5) is 0 Å². The highest BCUT2D eigenvalue weighted by Gasteiger charge is 2.42. The van der Waals surface area contributed by atoms with E-state index in [9.17, 15) is 4.79 Å². The number of aliphatic imine (C=N–C) groups is 1. The summed E-state index contributed by atoms with van der Waals surface area (Å²) in [5.74, 6) is 1.95. The fraction of sp³-hybridized carbons (Fsp3) is 0.889. The smallest absolute Gasteiger partial charge is 0.220 e. The van der Waals surface area contributed by atoms with Crippen molar-refractivity contribution in [1.29, 1.82) is 0 Å². The van der Waals surface area contributed by atoms with Gasteiger partial charge in [0.15, 0.2) is 5.96 Å². The molecule has 3 heterocycles. The molecule has 24 heavy (non-hydrogen) atoms. The van der Waals surface area contributed by atoms with Crippen LogP contribution in [0.2, 0.25) is 0 Å². The van der Waals surface area contributed by atoms with Crippen LogP contribution < -0.4 is 10.6 Å². The molecule has 2 N–H and O–H groups in total. The van der Waals surface area contributed by atoms with Crippen LogP contribution in [0.3, 0.4) is 0 Å². The average molecular weight is 335 g/mol. The zero-order chi connectivity index (χ0) is 17.0. The van der Waals surface area contributed by atoms with Gasteiger partial charge in [-0.15, -0.1) is 0 Å². The first-order valence-corrected chi connectivity index (χ1v) is 9.59. The summed E-state index contributed by atoms with van der Waals surface area (Å²) in [4.78, 5) is 21.1. The third-order valence-corrected chi connectivity index (χ3v) is 5.83. The van der Waals surface area contributed by atoms with Gasteiger partial charge in [0.2, 0.25) is 5.91 Å². The molecule has 3 aliphatic heterocycles. The molecule has 3 rings (SSSR count). The van der Waals surface area contributed by atoms with Gasteiger partial charge in [0.25, 0.3) is 0 Å². The minimum Gasteiger partial charge on any atom is -0.356 e. The van der Waals surface area contributed by atoms with Gasteiger partial charge >= 0.3 is 0 Å². The molecule has 0 bridgehead atoms. The van der Waals surface area contributed by atoms with E-state index in [0.717, 1.165) is 50.9 Å². The normalized spacial score (nSPS) is 31.8. The van der Waals surface area contributed by atoms with E-state index >= 15 is 0 Å². The van der Waals surface area contributed by atoms with Gasteiger partial charge in [0, 0.05) is 51.6 Å². The molecule has 6 nitrogen and oxygen atoms in total. The lowest BCUT2D eigenvalue weighted by Crippen LogP contribution is -2.52. The maximum absolute atomic E-state index is 11.7. The van der Waals surface area contributed by atoms with Crippen LogP contribution in [-0.2, 0) is 4.79 Å². The molecule has 0 radical (unpaired) electrons. The Balaban J connectivity index is 1.50. The number of rotatable bonds is 4. The Kier molecular flexibility index (Phi) is 5.64. The Morgan fingerprint density at radius 2 is 2.33 bits per heavy atom. The number of amides is 1. The van der Waals surface area contributed by atoms with E-state index in [1.54, 1.807) is 0 Å². The molecule has 2 unspecified atom stereocenters. The Morgan fingerprint density at radius 3 is 3.04 bits per heavy atom. The third kappa shape index (κ3) is 4.02. The first-order valence-electron chi connectivity index (χ1n) is 9.59. The summed E-state index contributed by atoms with van der Waals surface area (Å²) < 4.78 is 0. The first-order chi connectivity index (χ1) is 11.6. The second-order valence-electron chi connectivity index (χ2n) is 7.86. The summed E-state index contributed by atoms with van der Waals surface area (Å²) >= 11 is 0. The molecule has 0 aliphatic carbocycles. The number of carbonyl (C=O) groups excluding carboxylic acids is 1. The summed E-state index contributed by atoms with van der Waals surface area (Å²) in [6.45, 7) is 9.74. The topological polar surface area (TPSA) is 60.0 Å². The molecule has 0 aromatic rings. The van der Waals surface area contributed by atoms with E-state index in [0.29, 0.717) is 6.42 Å². The predicted molar refractivity (Wildman–Crippen MR) is 97.1 cm³/mol. The van der Waals surface area contributed by atoms with Crippen molar-refractivity contribution in [3.8, 4) is 0 Å². The molecule has 1 amide bonds. The van der Waals surface area contributed by atoms with E-state index in [1.807, 2.05) is 7.05 Å². The van der Waals surface area contributed by atoms with Crippen molar-refractivity contribution in [3.05, 3.63) is 0 Å². The molecule has 0 aromatic carbocycles. The molecule has 0 aromatic heterocycles. The molecular weight excluding hydrogens is 302 g/mol. The van der Waals surface area contributed by atoms with E-state index in [1.165, 1.54) is 32.5 Å².